The summed E-state index contributed by atoms with van der Waals surface area (Å²) in [5.74, 6) is 0.0302. The lowest BCUT2D eigenvalue weighted by atomic mass is 9.78. The number of carbonyl (C=O) groups excluding carboxylic acids is 1. The van der Waals surface area contributed by atoms with Gasteiger partial charge in [0.1, 0.15) is 5.75 Å². The lowest BCUT2D eigenvalue weighted by Gasteiger charge is -2.28. The zero-order valence-electron chi connectivity index (χ0n) is 20.7. The Balaban J connectivity index is 1.67. The smallest absolute Gasteiger partial charge is 0.307 e. The molecule has 0 aliphatic rings. The molecule has 2 aromatic carbocycles. The van der Waals surface area contributed by atoms with Crippen molar-refractivity contribution in [2.24, 2.45) is 0 Å². The van der Waals surface area contributed by atoms with E-state index in [2.05, 4.69) is 10.3 Å². The number of rotatable bonds is 6. The Morgan fingerprint density at radius 1 is 0.941 bits per heavy atom. The molecular weight excluding hydrogens is 448 g/mol. The maximum Gasteiger partial charge on any atom is 0.307 e. The number of H-pyrrole nitrogens is 1. The van der Waals surface area contributed by atoms with Crippen LogP contribution in [0.15, 0.2) is 41.2 Å². The topological polar surface area (TPSA) is 102 Å². The number of amides is 1. The summed E-state index contributed by atoms with van der Waals surface area (Å²) in [6.45, 7) is 12.6. The molecule has 34 heavy (non-hydrogen) atoms. The Kier molecular flexibility index (Phi) is 7.26. The molecule has 0 fully saturated rings. The third-order valence-electron chi connectivity index (χ3n) is 5.78. The molecule has 3 aromatic rings. The van der Waals surface area contributed by atoms with Gasteiger partial charge in [0, 0.05) is 29.7 Å². The quantitative estimate of drug-likeness (QED) is 0.397. The van der Waals surface area contributed by atoms with E-state index in [1.54, 1.807) is 12.1 Å². The molecule has 4 N–H and O–H groups in total. The molecule has 0 spiro atoms. The monoisotopic (exact) mass is 482 g/mol. The van der Waals surface area contributed by atoms with Crippen molar-refractivity contribution >= 4 is 17.2 Å². The van der Waals surface area contributed by atoms with Gasteiger partial charge in [0.15, 0.2) is 0 Å². The first-order valence-electron chi connectivity index (χ1n) is 11.4. The van der Waals surface area contributed by atoms with E-state index < -0.39 is 0 Å². The van der Waals surface area contributed by atoms with Crippen LogP contribution in [-0.2, 0) is 23.7 Å². The molecule has 3 rings (SSSR count). The Morgan fingerprint density at radius 3 is 1.94 bits per heavy atom. The van der Waals surface area contributed by atoms with E-state index in [-0.39, 0.29) is 33.2 Å². The molecule has 1 amide bonds. The van der Waals surface area contributed by atoms with Gasteiger partial charge in [-0.15, -0.1) is 0 Å². The van der Waals surface area contributed by atoms with Crippen molar-refractivity contribution in [3.05, 3.63) is 78.8 Å². The van der Waals surface area contributed by atoms with Crippen LogP contribution in [0.25, 0.3) is 0 Å². The molecule has 182 valence electrons. The summed E-state index contributed by atoms with van der Waals surface area (Å²) in [4.78, 5) is 27.0. The largest absolute Gasteiger partial charge is 0.507 e. The number of aromatic nitrogens is 1. The maximum atomic E-state index is 13.0. The molecule has 0 saturated heterocycles. The second-order valence-corrected chi connectivity index (χ2v) is 11.8. The molecule has 1 heterocycles. The average molecular weight is 483 g/mol. The molecule has 0 bridgehead atoms. The van der Waals surface area contributed by atoms with Crippen LogP contribution in [0.3, 0.4) is 0 Å². The van der Waals surface area contributed by atoms with E-state index in [0.29, 0.717) is 29.8 Å². The third kappa shape index (κ3) is 6.08. The third-order valence-corrected chi connectivity index (χ3v) is 6.65. The summed E-state index contributed by atoms with van der Waals surface area (Å²) in [6, 6.07) is 11.5. The number of nitrogens with one attached hydrogen (secondary N) is 2. The van der Waals surface area contributed by atoms with Crippen LogP contribution in [0.2, 0.25) is 0 Å². The highest BCUT2D eigenvalue weighted by Crippen LogP contribution is 2.39. The van der Waals surface area contributed by atoms with Crippen LogP contribution >= 0.6 is 11.3 Å². The van der Waals surface area contributed by atoms with Crippen LogP contribution in [0.1, 0.15) is 79.0 Å². The maximum absolute atomic E-state index is 13.0. The second-order valence-electron chi connectivity index (χ2n) is 10.7. The zero-order valence-corrected chi connectivity index (χ0v) is 21.5. The number of aromatic hydroxyl groups is 2. The first kappa shape index (κ1) is 25.6. The van der Waals surface area contributed by atoms with Gasteiger partial charge in [0.25, 0.3) is 5.91 Å². The van der Waals surface area contributed by atoms with Gasteiger partial charge in [-0.1, -0.05) is 77.1 Å². The van der Waals surface area contributed by atoms with Crippen molar-refractivity contribution in [3.63, 3.8) is 0 Å². The molecule has 1 aromatic heterocycles. The number of thiazole rings is 1. The van der Waals surface area contributed by atoms with E-state index >= 15 is 0 Å². The van der Waals surface area contributed by atoms with Crippen LogP contribution in [0, 0.1) is 0 Å². The molecule has 6 nitrogen and oxygen atoms in total. The Labute approximate surface area is 204 Å². The summed E-state index contributed by atoms with van der Waals surface area (Å²) in [5, 5.41) is 23.6. The van der Waals surface area contributed by atoms with E-state index in [9.17, 15) is 19.8 Å². The number of benzene rings is 2. The predicted molar refractivity (Wildman–Crippen MR) is 137 cm³/mol. The number of phenolic OH excluding ortho intramolecular Hbond substituents is 1. The van der Waals surface area contributed by atoms with E-state index in [1.807, 2.05) is 65.8 Å². The van der Waals surface area contributed by atoms with Gasteiger partial charge in [-0.25, -0.2) is 0 Å². The van der Waals surface area contributed by atoms with Crippen molar-refractivity contribution in [1.29, 1.82) is 0 Å². The fraction of sp³-hybridized carbons (Fsp3) is 0.407. The lowest BCUT2D eigenvalue weighted by Crippen LogP contribution is -2.27. The zero-order chi connectivity index (χ0) is 25.3. The minimum atomic E-state index is -0.296. The highest BCUT2D eigenvalue weighted by atomic mass is 32.1. The van der Waals surface area contributed by atoms with Gasteiger partial charge in [0.05, 0.1) is 4.88 Å². The van der Waals surface area contributed by atoms with E-state index in [4.69, 9.17) is 0 Å². The lowest BCUT2D eigenvalue weighted by molar-refractivity contribution is 0.0954. The van der Waals surface area contributed by atoms with Crippen molar-refractivity contribution < 1.29 is 15.0 Å². The summed E-state index contributed by atoms with van der Waals surface area (Å²) >= 11 is 1.01. The normalized spacial score (nSPS) is 12.1. The fourth-order valence-corrected chi connectivity index (χ4v) is 4.57. The Morgan fingerprint density at radius 2 is 1.47 bits per heavy atom. The fourth-order valence-electron chi connectivity index (χ4n) is 3.81. The summed E-state index contributed by atoms with van der Waals surface area (Å²) in [5.41, 5.74) is 3.55. The summed E-state index contributed by atoms with van der Waals surface area (Å²) in [7, 11) is 0. The van der Waals surface area contributed by atoms with Gasteiger partial charge >= 0.3 is 4.87 Å². The SMILES string of the molecule is CC(C)(C)c1cc(C(=O)NCCc2ccc(Cc3sc(=O)[nH]c3O)cc2)cc(C(C)(C)C)c1O. The first-order chi connectivity index (χ1) is 15.8. The molecule has 0 aliphatic carbocycles. The molecule has 0 aliphatic heterocycles. The van der Waals surface area contributed by atoms with Crippen molar-refractivity contribution in [1.82, 2.24) is 10.3 Å². The van der Waals surface area contributed by atoms with Crippen LogP contribution in [-0.4, -0.2) is 27.6 Å². The van der Waals surface area contributed by atoms with E-state index in [0.717, 1.165) is 33.6 Å². The van der Waals surface area contributed by atoms with Crippen molar-refractivity contribution in [2.45, 2.75) is 65.2 Å². The molecule has 0 saturated carbocycles. The van der Waals surface area contributed by atoms with Crippen molar-refractivity contribution in [2.75, 3.05) is 6.54 Å². The Bertz CT molecular complexity index is 1190. The van der Waals surface area contributed by atoms with Gasteiger partial charge in [-0.3, -0.25) is 14.6 Å². The van der Waals surface area contributed by atoms with Crippen LogP contribution in [0.5, 0.6) is 11.6 Å². The van der Waals surface area contributed by atoms with Gasteiger partial charge in [-0.2, -0.15) is 0 Å². The highest BCUT2D eigenvalue weighted by molar-refractivity contribution is 7.09. The summed E-state index contributed by atoms with van der Waals surface area (Å²) in [6.07, 6.45) is 1.16. The number of aromatic amines is 1. The van der Waals surface area contributed by atoms with Crippen LogP contribution < -0.4 is 10.2 Å². The van der Waals surface area contributed by atoms with Gasteiger partial charge < -0.3 is 15.5 Å². The standard InChI is InChI=1S/C27H34N2O4S/c1-26(2,3)19-14-18(15-20(22(19)30)27(4,5)6)23(31)28-12-11-16-7-9-17(10-8-16)13-21-24(32)29-25(33)34-21/h7-10,14-15,30,32H,11-13H2,1-6H3,(H,28,31)(H,29,33). The minimum absolute atomic E-state index is 0.0692. The molecule has 7 heteroatoms. The number of phenols is 1. The average Bonchev–Trinajstić information content (AvgIpc) is 3.04. The molecule has 0 unspecified atom stereocenters. The molecular formula is C27H34N2O4S. The molecule has 0 radical (unpaired) electrons. The number of hydrogen-bond donors (Lipinski definition) is 4. The van der Waals surface area contributed by atoms with Crippen LogP contribution in [0.4, 0.5) is 0 Å². The van der Waals surface area contributed by atoms with Gasteiger partial charge in [0.2, 0.25) is 5.88 Å². The highest BCUT2D eigenvalue weighted by Gasteiger charge is 2.27. The second kappa shape index (κ2) is 9.66. The van der Waals surface area contributed by atoms with Crippen molar-refractivity contribution in [3.8, 4) is 11.6 Å². The predicted octanol–water partition coefficient (Wildman–Crippen LogP) is 5.01. The first-order valence-corrected chi connectivity index (χ1v) is 12.2. The summed E-state index contributed by atoms with van der Waals surface area (Å²) < 4.78 is 0. The van der Waals surface area contributed by atoms with E-state index in [1.165, 1.54) is 0 Å². The number of carbonyl (C=O) groups is 1. The molecule has 0 atom stereocenters. The Hall–Kier alpha value is -3.06. The minimum Gasteiger partial charge on any atom is -0.507 e. The van der Waals surface area contributed by atoms with Gasteiger partial charge in [-0.05, 0) is 40.5 Å². The number of hydrogen-bond acceptors (Lipinski definition) is 5.